The molecule has 0 saturated carbocycles. The third-order valence-corrected chi connectivity index (χ3v) is 3.18. The minimum absolute atomic E-state index is 0.0446. The van der Waals surface area contributed by atoms with Crippen molar-refractivity contribution in [2.45, 2.75) is 12.8 Å². The van der Waals surface area contributed by atoms with Crippen molar-refractivity contribution in [3.63, 3.8) is 0 Å². The molecule has 0 N–H and O–H groups in total. The van der Waals surface area contributed by atoms with Crippen LogP contribution in [0, 0.1) is 0 Å². The molecule has 0 saturated heterocycles. The van der Waals surface area contributed by atoms with Crippen LogP contribution in [-0.4, -0.2) is 12.9 Å². The smallest absolute Gasteiger partial charge is 0.166 e. The first-order valence-corrected chi connectivity index (χ1v) is 6.49. The molecule has 0 radical (unpaired) electrons. The summed E-state index contributed by atoms with van der Waals surface area (Å²) in [6, 6.07) is 15.0. The fourth-order valence-corrected chi connectivity index (χ4v) is 2.11. The van der Waals surface area contributed by atoms with Gasteiger partial charge in [0.15, 0.2) is 5.78 Å². The third kappa shape index (κ3) is 3.58. The summed E-state index contributed by atoms with van der Waals surface area (Å²) in [5, 5.41) is 0.545. The molecule has 0 atom stereocenters. The van der Waals surface area contributed by atoms with Crippen LogP contribution in [0.1, 0.15) is 22.3 Å². The van der Waals surface area contributed by atoms with E-state index in [1.165, 1.54) is 0 Å². The van der Waals surface area contributed by atoms with Crippen molar-refractivity contribution < 1.29 is 9.53 Å². The second-order valence-corrected chi connectivity index (χ2v) is 4.69. The number of carbonyl (C=O) groups is 1. The zero-order chi connectivity index (χ0) is 13.7. The van der Waals surface area contributed by atoms with E-state index < -0.39 is 0 Å². The molecule has 2 aromatic rings. The van der Waals surface area contributed by atoms with Gasteiger partial charge in [-0.2, -0.15) is 0 Å². The Kier molecular flexibility index (Phi) is 4.58. The summed E-state index contributed by atoms with van der Waals surface area (Å²) in [6.07, 6.45) is 1.16. The Bertz CT molecular complexity index is 564. The van der Waals surface area contributed by atoms with Crippen molar-refractivity contribution in [1.82, 2.24) is 0 Å². The van der Waals surface area contributed by atoms with Gasteiger partial charge in [0.25, 0.3) is 0 Å². The average molecular weight is 275 g/mol. The fraction of sp³-hybridized carbons (Fsp3) is 0.188. The zero-order valence-corrected chi connectivity index (χ0v) is 11.5. The zero-order valence-electron chi connectivity index (χ0n) is 10.7. The summed E-state index contributed by atoms with van der Waals surface area (Å²) >= 11 is 5.93. The lowest BCUT2D eigenvalue weighted by atomic mass is 10.0. The normalized spacial score (nSPS) is 10.2. The van der Waals surface area contributed by atoms with Gasteiger partial charge in [-0.15, -0.1) is 0 Å². The number of ketones is 1. The maximum atomic E-state index is 12.2. The molecule has 2 nitrogen and oxygen atoms in total. The molecule has 0 aliphatic carbocycles. The van der Waals surface area contributed by atoms with Crippen molar-refractivity contribution in [3.05, 3.63) is 64.7 Å². The summed E-state index contributed by atoms with van der Waals surface area (Å²) in [5.74, 6) is 0.616. The van der Waals surface area contributed by atoms with E-state index in [0.717, 1.165) is 12.0 Å². The molecule has 0 aliphatic rings. The number of Topliss-reactive ketones (excluding diaryl/α,β-unsaturated/α-hetero) is 1. The van der Waals surface area contributed by atoms with Gasteiger partial charge < -0.3 is 4.74 Å². The maximum Gasteiger partial charge on any atom is 0.166 e. The molecule has 0 fully saturated rings. The SMILES string of the molecule is COc1ccc(Cl)cc1C(=O)CCc1ccccc1. The molecule has 0 unspecified atom stereocenters. The number of benzene rings is 2. The summed E-state index contributed by atoms with van der Waals surface area (Å²) in [5.41, 5.74) is 1.70. The predicted octanol–water partition coefficient (Wildman–Crippen LogP) is 4.16. The van der Waals surface area contributed by atoms with Gasteiger partial charge in [0.1, 0.15) is 5.75 Å². The minimum atomic E-state index is 0.0446. The van der Waals surface area contributed by atoms with E-state index in [9.17, 15) is 4.79 Å². The van der Waals surface area contributed by atoms with Crippen molar-refractivity contribution >= 4 is 17.4 Å². The van der Waals surface area contributed by atoms with Crippen LogP contribution < -0.4 is 4.74 Å². The minimum Gasteiger partial charge on any atom is -0.496 e. The number of rotatable bonds is 5. The number of hydrogen-bond acceptors (Lipinski definition) is 2. The molecule has 0 heterocycles. The van der Waals surface area contributed by atoms with Crippen LogP contribution >= 0.6 is 11.6 Å². The molecule has 3 heteroatoms. The predicted molar refractivity (Wildman–Crippen MR) is 77.1 cm³/mol. The third-order valence-electron chi connectivity index (χ3n) is 2.95. The molecule has 0 spiro atoms. The molecule has 2 aromatic carbocycles. The lowest BCUT2D eigenvalue weighted by molar-refractivity contribution is 0.0980. The monoisotopic (exact) mass is 274 g/mol. The van der Waals surface area contributed by atoms with Crippen molar-refractivity contribution in [3.8, 4) is 5.75 Å². The number of aryl methyl sites for hydroxylation is 1. The second-order valence-electron chi connectivity index (χ2n) is 4.25. The highest BCUT2D eigenvalue weighted by Gasteiger charge is 2.12. The summed E-state index contributed by atoms with van der Waals surface area (Å²) in [4.78, 5) is 12.2. The van der Waals surface area contributed by atoms with E-state index in [-0.39, 0.29) is 5.78 Å². The van der Waals surface area contributed by atoms with Crippen LogP contribution in [0.15, 0.2) is 48.5 Å². The molecule has 0 bridgehead atoms. The second kappa shape index (κ2) is 6.39. The summed E-state index contributed by atoms with van der Waals surface area (Å²) in [6.45, 7) is 0. The van der Waals surface area contributed by atoms with Crippen LogP contribution in [0.2, 0.25) is 5.02 Å². The Labute approximate surface area is 118 Å². The summed E-state index contributed by atoms with van der Waals surface area (Å²) < 4.78 is 5.19. The van der Waals surface area contributed by atoms with E-state index in [2.05, 4.69) is 0 Å². The summed E-state index contributed by atoms with van der Waals surface area (Å²) in [7, 11) is 1.55. The van der Waals surface area contributed by atoms with Crippen LogP contribution in [-0.2, 0) is 6.42 Å². The topological polar surface area (TPSA) is 26.3 Å². The highest BCUT2D eigenvalue weighted by molar-refractivity contribution is 6.31. The first-order valence-electron chi connectivity index (χ1n) is 6.11. The number of methoxy groups -OCH3 is 1. The molecule has 98 valence electrons. The number of ether oxygens (including phenoxy) is 1. The lowest BCUT2D eigenvalue weighted by Gasteiger charge is -2.08. The van der Waals surface area contributed by atoms with Gasteiger partial charge in [0.05, 0.1) is 12.7 Å². The van der Waals surface area contributed by atoms with Gasteiger partial charge in [-0.3, -0.25) is 4.79 Å². The highest BCUT2D eigenvalue weighted by atomic mass is 35.5. The largest absolute Gasteiger partial charge is 0.496 e. The Morgan fingerprint density at radius 3 is 2.58 bits per heavy atom. The van der Waals surface area contributed by atoms with Gasteiger partial charge in [-0.1, -0.05) is 41.9 Å². The van der Waals surface area contributed by atoms with Gasteiger partial charge in [0, 0.05) is 11.4 Å². The average Bonchev–Trinajstić information content (AvgIpc) is 2.46. The maximum absolute atomic E-state index is 12.2. The van der Waals surface area contributed by atoms with E-state index in [4.69, 9.17) is 16.3 Å². The number of hydrogen-bond donors (Lipinski definition) is 0. The molecule has 0 aromatic heterocycles. The van der Waals surface area contributed by atoms with Gasteiger partial charge in [0.2, 0.25) is 0 Å². The van der Waals surface area contributed by atoms with E-state index in [1.54, 1.807) is 25.3 Å². The molecular weight excluding hydrogens is 260 g/mol. The number of halogens is 1. The Morgan fingerprint density at radius 1 is 1.16 bits per heavy atom. The Morgan fingerprint density at radius 2 is 1.89 bits per heavy atom. The highest BCUT2D eigenvalue weighted by Crippen LogP contribution is 2.24. The van der Waals surface area contributed by atoms with Crippen LogP contribution in [0.3, 0.4) is 0 Å². The van der Waals surface area contributed by atoms with Crippen LogP contribution in [0.5, 0.6) is 5.75 Å². The standard InChI is InChI=1S/C16H15ClO2/c1-19-16-10-8-13(17)11-14(16)15(18)9-7-12-5-3-2-4-6-12/h2-6,8,10-11H,7,9H2,1H3. The first-order chi connectivity index (χ1) is 9.20. The van der Waals surface area contributed by atoms with Crippen molar-refractivity contribution in [2.75, 3.05) is 7.11 Å². The molecule has 2 rings (SSSR count). The van der Waals surface area contributed by atoms with Crippen molar-refractivity contribution in [2.24, 2.45) is 0 Å². The fourth-order valence-electron chi connectivity index (χ4n) is 1.94. The van der Waals surface area contributed by atoms with Gasteiger partial charge in [-0.25, -0.2) is 0 Å². The molecule has 0 aliphatic heterocycles. The molecular formula is C16H15ClO2. The number of carbonyl (C=O) groups excluding carboxylic acids is 1. The van der Waals surface area contributed by atoms with Crippen molar-refractivity contribution in [1.29, 1.82) is 0 Å². The lowest BCUT2D eigenvalue weighted by Crippen LogP contribution is -2.04. The molecule has 19 heavy (non-hydrogen) atoms. The van der Waals surface area contributed by atoms with Gasteiger partial charge in [-0.05, 0) is 30.2 Å². The first kappa shape index (κ1) is 13.6. The van der Waals surface area contributed by atoms with Crippen LogP contribution in [0.25, 0.3) is 0 Å². The van der Waals surface area contributed by atoms with Crippen LogP contribution in [0.4, 0.5) is 0 Å². The quantitative estimate of drug-likeness (QED) is 0.765. The van der Waals surface area contributed by atoms with Gasteiger partial charge >= 0.3 is 0 Å². The van der Waals surface area contributed by atoms with E-state index in [1.807, 2.05) is 30.3 Å². The Balaban J connectivity index is 2.10. The van der Waals surface area contributed by atoms with E-state index >= 15 is 0 Å². The molecule has 0 amide bonds. The van der Waals surface area contributed by atoms with E-state index in [0.29, 0.717) is 22.8 Å². The Hall–Kier alpha value is -1.80.